The van der Waals surface area contributed by atoms with Gasteiger partial charge in [0.2, 0.25) is 0 Å². The van der Waals surface area contributed by atoms with Crippen LogP contribution >= 0.6 is 0 Å². The Morgan fingerprint density at radius 1 is 1.25 bits per heavy atom. The second kappa shape index (κ2) is 9.43. The molecule has 0 saturated heterocycles. The number of benzene rings is 2. The molecule has 1 saturated carbocycles. The molecule has 1 aliphatic carbocycles. The van der Waals surface area contributed by atoms with E-state index in [4.69, 9.17) is 16.1 Å². The summed E-state index contributed by atoms with van der Waals surface area (Å²) < 4.78 is 6.58. The molecule has 2 aromatic carbocycles. The molecule has 0 aliphatic heterocycles. The summed E-state index contributed by atoms with van der Waals surface area (Å²) in [5.74, 6) is 3.14. The van der Waals surface area contributed by atoms with Crippen molar-refractivity contribution in [2.24, 2.45) is 5.10 Å². The Morgan fingerprint density at radius 2 is 2.03 bits per heavy atom. The zero-order valence-electron chi connectivity index (χ0n) is 17.4. The molecule has 4 rings (SSSR count). The SMILES string of the molecule is C#CCOc1ccc(C=Nn2c(C3CCCCC3)nc3ccccc3c2=O)cc1[N+](=O)[O-]. The third-order valence-electron chi connectivity index (χ3n) is 5.56. The van der Waals surface area contributed by atoms with E-state index in [2.05, 4.69) is 11.0 Å². The van der Waals surface area contributed by atoms with Crippen LogP contribution in [-0.4, -0.2) is 27.4 Å². The van der Waals surface area contributed by atoms with Crippen LogP contribution in [-0.2, 0) is 0 Å². The van der Waals surface area contributed by atoms with Gasteiger partial charge in [-0.3, -0.25) is 14.9 Å². The van der Waals surface area contributed by atoms with E-state index in [9.17, 15) is 14.9 Å². The Balaban J connectivity index is 1.77. The predicted octanol–water partition coefficient (Wildman–Crippen LogP) is 4.25. The highest BCUT2D eigenvalue weighted by molar-refractivity contribution is 5.82. The first-order valence-corrected chi connectivity index (χ1v) is 10.5. The molecule has 3 aromatic rings. The van der Waals surface area contributed by atoms with Crippen LogP contribution in [0.15, 0.2) is 52.4 Å². The third kappa shape index (κ3) is 4.37. The lowest BCUT2D eigenvalue weighted by Crippen LogP contribution is -2.25. The lowest BCUT2D eigenvalue weighted by molar-refractivity contribution is -0.385. The van der Waals surface area contributed by atoms with Gasteiger partial charge >= 0.3 is 5.69 Å². The Bertz CT molecular complexity index is 1280. The molecule has 0 atom stereocenters. The number of terminal acetylenes is 1. The molecule has 8 heteroatoms. The van der Waals surface area contributed by atoms with Crippen LogP contribution < -0.4 is 10.3 Å². The molecule has 0 N–H and O–H groups in total. The van der Waals surface area contributed by atoms with E-state index < -0.39 is 4.92 Å². The second-order valence-electron chi connectivity index (χ2n) is 7.66. The van der Waals surface area contributed by atoms with Crippen LogP contribution in [0.2, 0.25) is 0 Å². The summed E-state index contributed by atoms with van der Waals surface area (Å²) in [7, 11) is 0. The molecule has 0 bridgehead atoms. The van der Waals surface area contributed by atoms with Crippen molar-refractivity contribution in [3.63, 3.8) is 0 Å². The molecule has 0 spiro atoms. The number of para-hydroxylation sites is 1. The molecule has 162 valence electrons. The predicted molar refractivity (Wildman–Crippen MR) is 122 cm³/mol. The van der Waals surface area contributed by atoms with Gasteiger partial charge in [-0.1, -0.05) is 37.3 Å². The van der Waals surface area contributed by atoms with Gasteiger partial charge in [-0.15, -0.1) is 6.42 Å². The second-order valence-corrected chi connectivity index (χ2v) is 7.66. The van der Waals surface area contributed by atoms with E-state index in [1.54, 1.807) is 18.2 Å². The van der Waals surface area contributed by atoms with Crippen molar-refractivity contribution in [2.75, 3.05) is 6.61 Å². The average Bonchev–Trinajstić information content (AvgIpc) is 2.82. The summed E-state index contributed by atoms with van der Waals surface area (Å²) in [4.78, 5) is 28.9. The molecule has 1 fully saturated rings. The fraction of sp³-hybridized carbons (Fsp3) is 0.292. The Morgan fingerprint density at radius 3 is 2.78 bits per heavy atom. The maximum absolute atomic E-state index is 13.2. The monoisotopic (exact) mass is 430 g/mol. The van der Waals surface area contributed by atoms with Gasteiger partial charge < -0.3 is 4.74 Å². The number of nitrogens with zero attached hydrogens (tertiary/aromatic N) is 4. The number of ether oxygens (including phenoxy) is 1. The molecule has 32 heavy (non-hydrogen) atoms. The Hall–Kier alpha value is -3.99. The van der Waals surface area contributed by atoms with Gasteiger partial charge in [-0.25, -0.2) is 4.98 Å². The van der Waals surface area contributed by atoms with Gasteiger partial charge in [-0.2, -0.15) is 9.78 Å². The van der Waals surface area contributed by atoms with E-state index >= 15 is 0 Å². The number of hydrogen-bond donors (Lipinski definition) is 0. The molecule has 0 unspecified atom stereocenters. The molecule has 0 radical (unpaired) electrons. The Kier molecular flexibility index (Phi) is 6.26. The summed E-state index contributed by atoms with van der Waals surface area (Å²) in [6.07, 6.45) is 11.9. The minimum atomic E-state index is -0.541. The number of hydrogen-bond acceptors (Lipinski definition) is 6. The normalized spacial score (nSPS) is 14.5. The summed E-state index contributed by atoms with van der Waals surface area (Å²) >= 11 is 0. The van der Waals surface area contributed by atoms with Crippen molar-refractivity contribution in [2.45, 2.75) is 38.0 Å². The molecule has 1 aliphatic rings. The van der Waals surface area contributed by atoms with Gasteiger partial charge in [0, 0.05) is 17.5 Å². The van der Waals surface area contributed by atoms with Crippen molar-refractivity contribution in [3.8, 4) is 18.1 Å². The maximum atomic E-state index is 13.2. The molecule has 1 heterocycles. The summed E-state index contributed by atoms with van der Waals surface area (Å²) in [6.45, 7) is -0.0722. The van der Waals surface area contributed by atoms with E-state index in [0.717, 1.165) is 25.7 Å². The average molecular weight is 430 g/mol. The number of aromatic nitrogens is 2. The summed E-state index contributed by atoms with van der Waals surface area (Å²) in [5, 5.41) is 16.3. The molecule has 8 nitrogen and oxygen atoms in total. The van der Waals surface area contributed by atoms with Crippen LogP contribution in [0.5, 0.6) is 5.75 Å². The number of fused-ring (bicyclic) bond motifs is 1. The van der Waals surface area contributed by atoms with E-state index in [1.165, 1.54) is 29.4 Å². The van der Waals surface area contributed by atoms with E-state index in [0.29, 0.717) is 22.3 Å². The first kappa shape index (κ1) is 21.2. The van der Waals surface area contributed by atoms with Crippen molar-refractivity contribution >= 4 is 22.8 Å². The lowest BCUT2D eigenvalue weighted by atomic mass is 9.88. The number of rotatable bonds is 6. The molecule has 0 amide bonds. The quantitative estimate of drug-likeness (QED) is 0.252. The van der Waals surface area contributed by atoms with Crippen LogP contribution in [0.4, 0.5) is 5.69 Å². The van der Waals surface area contributed by atoms with Crippen molar-refractivity contribution in [1.82, 2.24) is 9.66 Å². The van der Waals surface area contributed by atoms with E-state index in [1.807, 2.05) is 12.1 Å². The fourth-order valence-electron chi connectivity index (χ4n) is 4.00. The van der Waals surface area contributed by atoms with Gasteiger partial charge in [0.05, 0.1) is 22.0 Å². The highest BCUT2D eigenvalue weighted by atomic mass is 16.6. The zero-order chi connectivity index (χ0) is 22.5. The van der Waals surface area contributed by atoms with Crippen molar-refractivity contribution < 1.29 is 9.66 Å². The van der Waals surface area contributed by atoms with Crippen LogP contribution in [0.25, 0.3) is 10.9 Å². The molecular weight excluding hydrogens is 408 g/mol. The van der Waals surface area contributed by atoms with Gasteiger partial charge in [0.1, 0.15) is 12.4 Å². The first-order chi connectivity index (χ1) is 15.6. The minimum absolute atomic E-state index is 0.0722. The molecule has 1 aromatic heterocycles. The Labute approximate surface area is 184 Å². The fourth-order valence-corrected chi connectivity index (χ4v) is 4.00. The standard InChI is InChI=1S/C24H22N4O4/c1-2-14-32-22-13-12-17(15-21(22)28(30)31)16-25-27-23(18-8-4-3-5-9-18)26-20-11-7-6-10-19(20)24(27)29/h1,6-7,10-13,15-16,18H,3-5,8-9,14H2. The zero-order valence-corrected chi connectivity index (χ0v) is 17.4. The number of nitro benzene ring substituents is 1. The van der Waals surface area contributed by atoms with Crippen LogP contribution in [0.1, 0.15) is 49.4 Å². The first-order valence-electron chi connectivity index (χ1n) is 10.5. The highest BCUT2D eigenvalue weighted by Crippen LogP contribution is 2.32. The van der Waals surface area contributed by atoms with Crippen molar-refractivity contribution in [1.29, 1.82) is 0 Å². The summed E-state index contributed by atoms with van der Waals surface area (Å²) in [6, 6.07) is 11.6. The van der Waals surface area contributed by atoms with Crippen LogP contribution in [0, 0.1) is 22.5 Å². The third-order valence-corrected chi connectivity index (χ3v) is 5.56. The van der Waals surface area contributed by atoms with Crippen LogP contribution in [0.3, 0.4) is 0 Å². The smallest absolute Gasteiger partial charge is 0.311 e. The number of nitro groups is 1. The van der Waals surface area contributed by atoms with Gasteiger partial charge in [0.25, 0.3) is 5.56 Å². The lowest BCUT2D eigenvalue weighted by Gasteiger charge is -2.22. The van der Waals surface area contributed by atoms with Crippen molar-refractivity contribution in [3.05, 3.63) is 74.3 Å². The summed E-state index contributed by atoms with van der Waals surface area (Å²) in [5.41, 5.74) is 0.631. The van der Waals surface area contributed by atoms with Gasteiger partial charge in [-0.05, 0) is 37.1 Å². The van der Waals surface area contributed by atoms with Gasteiger partial charge in [0.15, 0.2) is 5.75 Å². The van der Waals surface area contributed by atoms with E-state index in [-0.39, 0.29) is 29.5 Å². The topological polar surface area (TPSA) is 99.6 Å². The maximum Gasteiger partial charge on any atom is 0.311 e. The molecular formula is C24H22N4O4. The highest BCUT2D eigenvalue weighted by Gasteiger charge is 2.22. The largest absolute Gasteiger partial charge is 0.474 e. The minimum Gasteiger partial charge on any atom is -0.474 e.